The zero-order chi connectivity index (χ0) is 20.9. The zero-order valence-corrected chi connectivity index (χ0v) is 17.8. The van der Waals surface area contributed by atoms with Crippen LogP contribution in [0.15, 0.2) is 18.2 Å². The second kappa shape index (κ2) is 13.4. The fraction of sp³-hybridized carbons (Fsp3) is 0.682. The Balaban J connectivity index is 2.70. The molecule has 28 heavy (non-hydrogen) atoms. The Morgan fingerprint density at radius 1 is 1.14 bits per heavy atom. The molecule has 160 valence electrons. The highest BCUT2D eigenvalue weighted by molar-refractivity contribution is 5.66. The number of methoxy groups -OCH3 is 2. The summed E-state index contributed by atoms with van der Waals surface area (Å²) in [5.74, 6) is 1.63. The van der Waals surface area contributed by atoms with Crippen LogP contribution >= 0.6 is 0 Å². The Hall–Kier alpha value is -1.79. The third-order valence-corrected chi connectivity index (χ3v) is 4.99. The number of ether oxygens (including phenoxy) is 3. The maximum Gasteiger partial charge on any atom is 0.303 e. The first-order valence-corrected chi connectivity index (χ1v) is 10.1. The van der Waals surface area contributed by atoms with Crippen molar-refractivity contribution in [3.8, 4) is 11.5 Å². The summed E-state index contributed by atoms with van der Waals surface area (Å²) < 4.78 is 16.4. The molecule has 0 saturated heterocycles. The molecule has 0 aliphatic rings. The van der Waals surface area contributed by atoms with E-state index in [4.69, 9.17) is 25.1 Å². The van der Waals surface area contributed by atoms with Crippen molar-refractivity contribution in [2.24, 2.45) is 17.6 Å². The minimum absolute atomic E-state index is 0.0229. The number of rotatable bonds is 15. The standard InChI is InChI=1S/C22H37NO5/c1-16(2)18(15-19(23)7-5-8-22(24)25)13-17-9-10-20(27-4)21(14-17)28-12-6-11-26-3/h9-10,14,16,18-19H,5-8,11-13,15,23H2,1-4H3,(H,24,25). The molecular weight excluding hydrogens is 358 g/mol. The summed E-state index contributed by atoms with van der Waals surface area (Å²) in [7, 11) is 3.32. The molecule has 0 bridgehead atoms. The van der Waals surface area contributed by atoms with Gasteiger partial charge in [-0.25, -0.2) is 0 Å². The lowest BCUT2D eigenvalue weighted by Gasteiger charge is -2.25. The SMILES string of the molecule is COCCCOc1cc(CC(CC(N)CCCC(=O)O)C(C)C)ccc1OC. The van der Waals surface area contributed by atoms with Gasteiger partial charge in [-0.1, -0.05) is 19.9 Å². The molecule has 0 aliphatic carbocycles. The predicted octanol–water partition coefficient (Wildman–Crippen LogP) is 3.90. The Bertz CT molecular complexity index is 576. The van der Waals surface area contributed by atoms with Crippen molar-refractivity contribution in [3.05, 3.63) is 23.8 Å². The van der Waals surface area contributed by atoms with Gasteiger partial charge in [-0.3, -0.25) is 4.79 Å². The molecule has 6 nitrogen and oxygen atoms in total. The van der Waals surface area contributed by atoms with Gasteiger partial charge in [-0.2, -0.15) is 0 Å². The molecular formula is C22H37NO5. The Morgan fingerprint density at radius 3 is 2.50 bits per heavy atom. The molecule has 1 rings (SSSR count). The fourth-order valence-corrected chi connectivity index (χ4v) is 3.26. The molecule has 0 spiro atoms. The van der Waals surface area contributed by atoms with Crippen LogP contribution in [0.3, 0.4) is 0 Å². The van der Waals surface area contributed by atoms with E-state index in [1.54, 1.807) is 14.2 Å². The largest absolute Gasteiger partial charge is 0.493 e. The van der Waals surface area contributed by atoms with E-state index < -0.39 is 5.97 Å². The third-order valence-electron chi connectivity index (χ3n) is 4.99. The van der Waals surface area contributed by atoms with Crippen LogP contribution in [0.1, 0.15) is 51.5 Å². The van der Waals surface area contributed by atoms with E-state index in [2.05, 4.69) is 26.0 Å². The maximum atomic E-state index is 10.7. The van der Waals surface area contributed by atoms with Crippen molar-refractivity contribution in [1.29, 1.82) is 0 Å². The molecule has 0 aromatic heterocycles. The smallest absolute Gasteiger partial charge is 0.303 e. The normalized spacial score (nSPS) is 13.4. The fourth-order valence-electron chi connectivity index (χ4n) is 3.26. The van der Waals surface area contributed by atoms with Crippen molar-refractivity contribution in [3.63, 3.8) is 0 Å². The quantitative estimate of drug-likeness (QED) is 0.438. The lowest BCUT2D eigenvalue weighted by molar-refractivity contribution is -0.137. The van der Waals surface area contributed by atoms with Crippen molar-refractivity contribution in [2.45, 2.75) is 58.4 Å². The first-order chi connectivity index (χ1) is 13.4. The first-order valence-electron chi connectivity index (χ1n) is 10.1. The van der Waals surface area contributed by atoms with E-state index in [9.17, 15) is 4.79 Å². The lowest BCUT2D eigenvalue weighted by atomic mass is 9.83. The Morgan fingerprint density at radius 2 is 1.89 bits per heavy atom. The number of carboxylic acids is 1. The van der Waals surface area contributed by atoms with Gasteiger partial charge in [-0.15, -0.1) is 0 Å². The van der Waals surface area contributed by atoms with Gasteiger partial charge < -0.3 is 25.1 Å². The summed E-state index contributed by atoms with van der Waals surface area (Å²) in [6.07, 6.45) is 4.16. The lowest BCUT2D eigenvalue weighted by Crippen LogP contribution is -2.27. The number of benzene rings is 1. The monoisotopic (exact) mass is 395 g/mol. The van der Waals surface area contributed by atoms with Crippen LogP contribution < -0.4 is 15.2 Å². The average molecular weight is 396 g/mol. The van der Waals surface area contributed by atoms with Crippen molar-refractivity contribution < 1.29 is 24.1 Å². The number of hydrogen-bond donors (Lipinski definition) is 2. The predicted molar refractivity (Wildman–Crippen MR) is 111 cm³/mol. The van der Waals surface area contributed by atoms with Crippen molar-refractivity contribution >= 4 is 5.97 Å². The molecule has 3 N–H and O–H groups in total. The zero-order valence-electron chi connectivity index (χ0n) is 17.8. The average Bonchev–Trinajstić information content (AvgIpc) is 2.64. The van der Waals surface area contributed by atoms with Crippen LogP contribution in [0, 0.1) is 11.8 Å². The second-order valence-electron chi connectivity index (χ2n) is 7.67. The van der Waals surface area contributed by atoms with E-state index in [0.717, 1.165) is 37.2 Å². The molecule has 0 fully saturated rings. The van der Waals surface area contributed by atoms with Gasteiger partial charge in [0.15, 0.2) is 11.5 Å². The number of aliphatic carboxylic acids is 1. The van der Waals surface area contributed by atoms with Crippen LogP contribution in [0.2, 0.25) is 0 Å². The first kappa shape index (κ1) is 24.2. The van der Waals surface area contributed by atoms with Gasteiger partial charge in [0, 0.05) is 32.6 Å². The summed E-state index contributed by atoms with van der Waals surface area (Å²) in [5.41, 5.74) is 7.47. The molecule has 0 saturated carbocycles. The molecule has 0 heterocycles. The summed E-state index contributed by atoms with van der Waals surface area (Å²) in [6.45, 7) is 5.66. The van der Waals surface area contributed by atoms with E-state index in [0.29, 0.717) is 31.5 Å². The summed E-state index contributed by atoms with van der Waals surface area (Å²) in [4.78, 5) is 10.7. The minimum atomic E-state index is -0.760. The van der Waals surface area contributed by atoms with Crippen molar-refractivity contribution in [2.75, 3.05) is 27.4 Å². The number of carboxylic acid groups (broad SMARTS) is 1. The molecule has 2 unspecified atom stereocenters. The summed E-state index contributed by atoms with van der Waals surface area (Å²) in [5, 5.41) is 8.78. The van der Waals surface area contributed by atoms with Crippen molar-refractivity contribution in [1.82, 2.24) is 0 Å². The second-order valence-corrected chi connectivity index (χ2v) is 7.67. The van der Waals surface area contributed by atoms with Gasteiger partial charge in [0.25, 0.3) is 0 Å². The Kier molecular flexibility index (Phi) is 11.6. The highest BCUT2D eigenvalue weighted by Gasteiger charge is 2.19. The molecule has 6 heteroatoms. The van der Waals surface area contributed by atoms with Crippen LogP contribution in [-0.4, -0.2) is 44.6 Å². The van der Waals surface area contributed by atoms with E-state index in [-0.39, 0.29) is 12.5 Å². The molecule has 0 radical (unpaired) electrons. The van der Waals surface area contributed by atoms with Gasteiger partial charge >= 0.3 is 5.97 Å². The summed E-state index contributed by atoms with van der Waals surface area (Å²) in [6, 6.07) is 6.10. The molecule has 1 aromatic carbocycles. The highest BCUT2D eigenvalue weighted by atomic mass is 16.5. The van der Waals surface area contributed by atoms with E-state index in [1.807, 2.05) is 6.07 Å². The van der Waals surface area contributed by atoms with E-state index >= 15 is 0 Å². The van der Waals surface area contributed by atoms with Gasteiger partial charge in [0.2, 0.25) is 0 Å². The van der Waals surface area contributed by atoms with Crippen LogP contribution in [0.25, 0.3) is 0 Å². The third kappa shape index (κ3) is 9.42. The van der Waals surface area contributed by atoms with Gasteiger partial charge in [0.05, 0.1) is 13.7 Å². The van der Waals surface area contributed by atoms with Crippen LogP contribution in [-0.2, 0) is 16.0 Å². The molecule has 1 aromatic rings. The molecule has 2 atom stereocenters. The van der Waals surface area contributed by atoms with E-state index in [1.165, 1.54) is 5.56 Å². The minimum Gasteiger partial charge on any atom is -0.493 e. The summed E-state index contributed by atoms with van der Waals surface area (Å²) >= 11 is 0. The van der Waals surface area contributed by atoms with Crippen LogP contribution in [0.5, 0.6) is 11.5 Å². The number of carbonyl (C=O) groups is 1. The molecule has 0 amide bonds. The molecule has 0 aliphatic heterocycles. The van der Waals surface area contributed by atoms with Crippen LogP contribution in [0.4, 0.5) is 0 Å². The highest BCUT2D eigenvalue weighted by Crippen LogP contribution is 2.31. The number of nitrogens with two attached hydrogens (primary N) is 1. The Labute approximate surface area is 169 Å². The topological polar surface area (TPSA) is 91.0 Å². The van der Waals surface area contributed by atoms with Gasteiger partial charge in [-0.05, 0) is 55.2 Å². The number of hydrogen-bond acceptors (Lipinski definition) is 5. The maximum absolute atomic E-state index is 10.7. The van der Waals surface area contributed by atoms with Gasteiger partial charge in [0.1, 0.15) is 0 Å².